The van der Waals surface area contributed by atoms with E-state index in [0.717, 1.165) is 25.7 Å². The number of carbonyl (C=O) groups excluding carboxylic acids is 2. The van der Waals surface area contributed by atoms with E-state index in [1.807, 2.05) is 36.0 Å². The van der Waals surface area contributed by atoms with Gasteiger partial charge in [0.15, 0.2) is 23.1 Å². The molecule has 214 valence electrons. The fourth-order valence-corrected chi connectivity index (χ4v) is 6.44. The van der Waals surface area contributed by atoms with Crippen LogP contribution in [0.3, 0.4) is 0 Å². The lowest BCUT2D eigenvalue weighted by atomic mass is 9.97. The van der Waals surface area contributed by atoms with Crippen molar-refractivity contribution in [2.75, 3.05) is 28.3 Å². The fourth-order valence-electron chi connectivity index (χ4n) is 6.44. The van der Waals surface area contributed by atoms with E-state index in [9.17, 15) is 9.59 Å². The summed E-state index contributed by atoms with van der Waals surface area (Å²) < 4.78 is 33.2. The quantitative estimate of drug-likeness (QED) is 0.342. The highest BCUT2D eigenvalue weighted by Gasteiger charge is 2.58. The van der Waals surface area contributed by atoms with Gasteiger partial charge in [-0.1, -0.05) is 22.5 Å². The van der Waals surface area contributed by atoms with Crippen molar-refractivity contribution in [1.29, 1.82) is 0 Å². The molecule has 2 aromatic rings. The first-order chi connectivity index (χ1) is 19.3. The molecule has 0 radical (unpaired) electrons. The molecule has 40 heavy (non-hydrogen) atoms. The number of rotatable bonds is 8. The SMILES string of the molecule is COCc1noc(C2=CCC3CCC2(OC(=O)C(=O)OC24CCC(CC=C2c2nc(COC)no2)N4C)N3C)n1. The lowest BCUT2D eigenvalue weighted by Crippen LogP contribution is -2.54. The molecule has 4 aliphatic heterocycles. The van der Waals surface area contributed by atoms with Gasteiger partial charge in [-0.15, -0.1) is 0 Å². The molecule has 14 nitrogen and oxygen atoms in total. The van der Waals surface area contributed by atoms with E-state index in [4.69, 9.17) is 28.0 Å². The van der Waals surface area contributed by atoms with E-state index < -0.39 is 23.4 Å². The van der Waals surface area contributed by atoms with Crippen molar-refractivity contribution in [2.24, 2.45) is 0 Å². The number of methoxy groups -OCH3 is 2. The number of esters is 2. The average Bonchev–Trinajstić information content (AvgIpc) is 3.66. The van der Waals surface area contributed by atoms with Crippen LogP contribution in [0.15, 0.2) is 21.2 Å². The molecule has 0 amide bonds. The van der Waals surface area contributed by atoms with Gasteiger partial charge in [-0.05, 0) is 39.8 Å². The Morgan fingerprint density at radius 2 is 1.25 bits per heavy atom. The summed E-state index contributed by atoms with van der Waals surface area (Å²) in [6.45, 7) is 0.349. The molecule has 2 aromatic heterocycles. The monoisotopic (exact) mass is 556 g/mol. The second-order valence-corrected chi connectivity index (χ2v) is 10.6. The van der Waals surface area contributed by atoms with Gasteiger partial charge in [0.05, 0.1) is 11.1 Å². The zero-order valence-electron chi connectivity index (χ0n) is 22.9. The molecule has 4 atom stereocenters. The normalized spacial score (nSPS) is 29.8. The molecule has 0 spiro atoms. The van der Waals surface area contributed by atoms with Crippen molar-refractivity contribution >= 4 is 23.1 Å². The Balaban J connectivity index is 1.26. The van der Waals surface area contributed by atoms with Gasteiger partial charge in [0, 0.05) is 39.1 Å². The number of hydrogen-bond acceptors (Lipinski definition) is 14. The van der Waals surface area contributed by atoms with Crippen LogP contribution in [0.2, 0.25) is 0 Å². The van der Waals surface area contributed by atoms with Crippen LogP contribution in [0, 0.1) is 0 Å². The van der Waals surface area contributed by atoms with Gasteiger partial charge in [0.25, 0.3) is 11.8 Å². The van der Waals surface area contributed by atoms with Crippen LogP contribution in [0.25, 0.3) is 11.1 Å². The van der Waals surface area contributed by atoms with Crippen molar-refractivity contribution in [2.45, 2.75) is 75.3 Å². The molecule has 0 saturated carbocycles. The highest BCUT2D eigenvalue weighted by atomic mass is 16.6. The Labute approximate surface area is 230 Å². The molecule has 14 heteroatoms. The molecule has 2 saturated heterocycles. The van der Waals surface area contributed by atoms with Gasteiger partial charge in [-0.25, -0.2) is 9.59 Å². The van der Waals surface area contributed by atoms with Crippen molar-refractivity contribution in [1.82, 2.24) is 30.1 Å². The summed E-state index contributed by atoms with van der Waals surface area (Å²) in [6.07, 6.45) is 7.76. The third kappa shape index (κ3) is 4.17. The number of hydrogen-bond donors (Lipinski definition) is 0. The number of fused-ring (bicyclic) bond motifs is 4. The highest BCUT2D eigenvalue weighted by Crippen LogP contribution is 2.50. The van der Waals surface area contributed by atoms with E-state index >= 15 is 0 Å². The Morgan fingerprint density at radius 3 is 1.65 bits per heavy atom. The number of nitrogens with zero attached hydrogens (tertiary/aromatic N) is 6. The van der Waals surface area contributed by atoms with Crippen LogP contribution in [0.4, 0.5) is 0 Å². The van der Waals surface area contributed by atoms with Crippen LogP contribution < -0.4 is 0 Å². The number of carbonyl (C=O) groups is 2. The summed E-state index contributed by atoms with van der Waals surface area (Å²) in [6, 6.07) is 0.280. The Kier molecular flexibility index (Phi) is 6.81. The van der Waals surface area contributed by atoms with Crippen molar-refractivity contribution in [3.63, 3.8) is 0 Å². The Hall–Kier alpha value is -3.46. The molecule has 6 heterocycles. The first-order valence-electron chi connectivity index (χ1n) is 13.3. The first-order valence-corrected chi connectivity index (χ1v) is 13.3. The summed E-state index contributed by atoms with van der Waals surface area (Å²) in [5, 5.41) is 7.91. The molecule has 4 unspecified atom stereocenters. The molecular formula is C26H32N6O8. The van der Waals surface area contributed by atoms with E-state index in [1.54, 1.807) is 0 Å². The minimum absolute atomic E-state index is 0.140. The highest BCUT2D eigenvalue weighted by molar-refractivity contribution is 6.30. The van der Waals surface area contributed by atoms with Gasteiger partial charge >= 0.3 is 11.9 Å². The van der Waals surface area contributed by atoms with Crippen LogP contribution in [-0.2, 0) is 41.8 Å². The summed E-state index contributed by atoms with van der Waals surface area (Å²) in [7, 11) is 6.79. The third-order valence-electron chi connectivity index (χ3n) is 8.53. The smallest absolute Gasteiger partial charge is 0.419 e. The number of aromatic nitrogens is 4. The molecule has 0 N–H and O–H groups in total. The van der Waals surface area contributed by atoms with E-state index in [-0.39, 0.29) is 37.1 Å². The van der Waals surface area contributed by atoms with Crippen molar-refractivity contribution in [3.05, 3.63) is 35.6 Å². The summed E-state index contributed by atoms with van der Waals surface area (Å²) in [4.78, 5) is 39.7. The molecule has 0 aliphatic carbocycles. The zero-order valence-corrected chi connectivity index (χ0v) is 22.9. The maximum atomic E-state index is 13.5. The van der Waals surface area contributed by atoms with E-state index in [1.165, 1.54) is 14.2 Å². The van der Waals surface area contributed by atoms with Crippen LogP contribution in [-0.4, -0.2) is 93.9 Å². The first kappa shape index (κ1) is 26.7. The van der Waals surface area contributed by atoms with Crippen molar-refractivity contribution in [3.8, 4) is 0 Å². The van der Waals surface area contributed by atoms with Gasteiger partial charge in [-0.3, -0.25) is 9.80 Å². The maximum Gasteiger partial charge on any atom is 0.419 e. The standard InChI is InChI=1S/C26H32N6O8/c1-31-15-5-7-17(21-27-19(13-35-3)29-39-21)25(31,11-9-15)37-23(33)24(34)38-26-12-10-16(32(26)2)6-8-18(26)22-28-20(14-36-4)30-40-22/h7-8,15-16H,5-6,9-14H2,1-4H3. The van der Waals surface area contributed by atoms with Crippen LogP contribution >= 0.6 is 0 Å². The third-order valence-corrected chi connectivity index (χ3v) is 8.53. The summed E-state index contributed by atoms with van der Waals surface area (Å²) >= 11 is 0. The van der Waals surface area contributed by atoms with Crippen LogP contribution in [0.5, 0.6) is 0 Å². The Bertz CT molecular complexity index is 1270. The van der Waals surface area contributed by atoms with Gasteiger partial charge < -0.3 is 28.0 Å². The average molecular weight is 557 g/mol. The molecule has 4 aliphatic rings. The van der Waals surface area contributed by atoms with Gasteiger partial charge in [0.1, 0.15) is 13.2 Å². The van der Waals surface area contributed by atoms with Gasteiger partial charge in [0.2, 0.25) is 0 Å². The maximum absolute atomic E-state index is 13.5. The molecule has 4 bridgehead atoms. The van der Waals surface area contributed by atoms with Crippen molar-refractivity contribution < 1.29 is 37.6 Å². The number of likely N-dealkylation sites (N-methyl/N-ethyl adjacent to an activating group) is 2. The predicted octanol–water partition coefficient (Wildman–Crippen LogP) is 1.69. The molecule has 6 rings (SSSR count). The molecule has 2 fully saturated rings. The molecule has 0 aromatic carbocycles. The fraction of sp³-hybridized carbons (Fsp3) is 0.615. The number of ether oxygens (including phenoxy) is 4. The lowest BCUT2D eigenvalue weighted by molar-refractivity contribution is -0.193. The lowest BCUT2D eigenvalue weighted by Gasteiger charge is -2.42. The van der Waals surface area contributed by atoms with Crippen LogP contribution in [0.1, 0.15) is 62.0 Å². The van der Waals surface area contributed by atoms with E-state index in [0.29, 0.717) is 35.6 Å². The zero-order chi connectivity index (χ0) is 28.1. The van der Waals surface area contributed by atoms with Gasteiger partial charge in [-0.2, -0.15) is 9.97 Å². The van der Waals surface area contributed by atoms with E-state index in [2.05, 4.69) is 20.3 Å². The minimum Gasteiger partial charge on any atom is -0.431 e. The molecular weight excluding hydrogens is 524 g/mol. The topological polar surface area (TPSA) is 155 Å². The largest absolute Gasteiger partial charge is 0.431 e. The Morgan fingerprint density at radius 1 is 0.825 bits per heavy atom. The predicted molar refractivity (Wildman–Crippen MR) is 134 cm³/mol. The summed E-state index contributed by atoms with van der Waals surface area (Å²) in [5.74, 6) is -1.05. The summed E-state index contributed by atoms with van der Waals surface area (Å²) in [5.41, 5.74) is -1.40. The second-order valence-electron chi connectivity index (χ2n) is 10.6. The second kappa shape index (κ2) is 10.2. The minimum atomic E-state index is -1.25.